The van der Waals surface area contributed by atoms with Crippen LogP contribution < -0.4 is 5.19 Å². The summed E-state index contributed by atoms with van der Waals surface area (Å²) in [6.45, 7) is 7.28. The molecule has 0 N–H and O–H groups in total. The maximum absolute atomic E-state index is 2.50. The maximum atomic E-state index is 2.50. The van der Waals surface area contributed by atoms with E-state index in [-0.39, 0.29) is 0 Å². The molecule has 0 nitrogen and oxygen atoms in total. The van der Waals surface area contributed by atoms with Gasteiger partial charge >= 0.3 is 0 Å². The SMILES string of the molecule is CCCCC1=CC=CC1[Si](C)(C)c1ccccc1. The van der Waals surface area contributed by atoms with Crippen LogP contribution in [0.15, 0.2) is 54.1 Å². The van der Waals surface area contributed by atoms with E-state index in [9.17, 15) is 0 Å². The van der Waals surface area contributed by atoms with E-state index in [0.29, 0.717) is 5.54 Å². The summed E-state index contributed by atoms with van der Waals surface area (Å²) >= 11 is 0. The first kappa shape index (κ1) is 13.4. The molecule has 0 amide bonds. The molecule has 0 fully saturated rings. The maximum Gasteiger partial charge on any atom is 0.0915 e. The fraction of sp³-hybridized carbons (Fsp3) is 0.412. The van der Waals surface area contributed by atoms with E-state index in [4.69, 9.17) is 0 Å². The Balaban J connectivity index is 2.20. The van der Waals surface area contributed by atoms with Crippen molar-refractivity contribution >= 4 is 13.3 Å². The standard InChI is InChI=1S/C17H24Si/c1-4-5-10-15-11-9-14-17(15)18(2,3)16-12-7-6-8-13-16/h6-9,11-14,17H,4-5,10H2,1-3H3. The van der Waals surface area contributed by atoms with Gasteiger partial charge in [-0.05, 0) is 18.4 Å². The van der Waals surface area contributed by atoms with Gasteiger partial charge < -0.3 is 0 Å². The van der Waals surface area contributed by atoms with Crippen molar-refractivity contribution in [1.82, 2.24) is 0 Å². The molecule has 0 spiro atoms. The number of unbranched alkanes of at least 4 members (excludes halogenated alkanes) is 1. The van der Waals surface area contributed by atoms with Gasteiger partial charge in [0.15, 0.2) is 0 Å². The molecule has 2 rings (SSSR count). The van der Waals surface area contributed by atoms with Crippen LogP contribution in [-0.4, -0.2) is 8.07 Å². The summed E-state index contributed by atoms with van der Waals surface area (Å²) in [4.78, 5) is 0. The molecule has 96 valence electrons. The van der Waals surface area contributed by atoms with Gasteiger partial charge in [-0.2, -0.15) is 0 Å². The summed E-state index contributed by atoms with van der Waals surface area (Å²) in [6.07, 6.45) is 11.0. The minimum Gasteiger partial charge on any atom is -0.0797 e. The van der Waals surface area contributed by atoms with E-state index in [1.165, 1.54) is 19.3 Å². The molecule has 1 atom stereocenters. The highest BCUT2D eigenvalue weighted by atomic mass is 28.3. The first-order valence-electron chi connectivity index (χ1n) is 7.09. The van der Waals surface area contributed by atoms with E-state index in [0.717, 1.165) is 0 Å². The lowest BCUT2D eigenvalue weighted by Gasteiger charge is -2.31. The third-order valence-electron chi connectivity index (χ3n) is 4.13. The van der Waals surface area contributed by atoms with Gasteiger partial charge in [0.05, 0.1) is 8.07 Å². The predicted octanol–water partition coefficient (Wildman–Crippen LogP) is 4.66. The molecule has 0 aliphatic heterocycles. The molecule has 0 saturated heterocycles. The Bertz CT molecular complexity index is 440. The van der Waals surface area contributed by atoms with Crippen LogP contribution in [0.25, 0.3) is 0 Å². The monoisotopic (exact) mass is 256 g/mol. The quantitative estimate of drug-likeness (QED) is 0.672. The van der Waals surface area contributed by atoms with Crippen LogP contribution in [0, 0.1) is 0 Å². The average Bonchev–Trinajstić information content (AvgIpc) is 2.86. The summed E-state index contributed by atoms with van der Waals surface area (Å²) in [5.74, 6) is 0. The summed E-state index contributed by atoms with van der Waals surface area (Å²) in [6, 6.07) is 11.1. The fourth-order valence-corrected chi connectivity index (χ4v) is 6.06. The van der Waals surface area contributed by atoms with E-state index in [1.54, 1.807) is 10.8 Å². The zero-order chi connectivity index (χ0) is 13.0. The lowest BCUT2D eigenvalue weighted by atomic mass is 10.1. The average molecular weight is 256 g/mol. The Kier molecular flexibility index (Phi) is 4.23. The molecule has 1 heteroatoms. The topological polar surface area (TPSA) is 0 Å². The van der Waals surface area contributed by atoms with Crippen molar-refractivity contribution in [2.45, 2.75) is 44.8 Å². The van der Waals surface area contributed by atoms with Crippen molar-refractivity contribution in [3.63, 3.8) is 0 Å². The lowest BCUT2D eigenvalue weighted by Crippen LogP contribution is -2.45. The number of rotatable bonds is 5. The second-order valence-corrected chi connectivity index (χ2v) is 10.4. The van der Waals surface area contributed by atoms with Gasteiger partial charge in [-0.3, -0.25) is 0 Å². The Labute approximate surface area is 112 Å². The lowest BCUT2D eigenvalue weighted by molar-refractivity contribution is 0.775. The third-order valence-corrected chi connectivity index (χ3v) is 8.07. The molecular weight excluding hydrogens is 232 g/mol. The normalized spacial score (nSPS) is 19.1. The smallest absolute Gasteiger partial charge is 0.0797 e. The van der Waals surface area contributed by atoms with E-state index in [1.807, 2.05) is 0 Å². The van der Waals surface area contributed by atoms with Gasteiger partial charge in [0.1, 0.15) is 0 Å². The van der Waals surface area contributed by atoms with Gasteiger partial charge in [-0.1, -0.05) is 85.8 Å². The van der Waals surface area contributed by atoms with Crippen molar-refractivity contribution in [2.24, 2.45) is 0 Å². The molecule has 1 unspecified atom stereocenters. The Hall–Kier alpha value is -1.08. The highest BCUT2D eigenvalue weighted by Crippen LogP contribution is 2.37. The van der Waals surface area contributed by atoms with Crippen molar-refractivity contribution in [3.8, 4) is 0 Å². The van der Waals surface area contributed by atoms with Crippen LogP contribution in [0.2, 0.25) is 18.6 Å². The first-order valence-corrected chi connectivity index (χ1v) is 10.2. The summed E-state index contributed by atoms with van der Waals surface area (Å²) in [7, 11) is -1.41. The molecular formula is C17H24Si. The highest BCUT2D eigenvalue weighted by Gasteiger charge is 2.35. The van der Waals surface area contributed by atoms with Gasteiger partial charge in [0.2, 0.25) is 0 Å². The zero-order valence-corrected chi connectivity index (χ0v) is 12.8. The van der Waals surface area contributed by atoms with Crippen LogP contribution in [0.3, 0.4) is 0 Å². The molecule has 0 bridgehead atoms. The number of hydrogen-bond donors (Lipinski definition) is 0. The predicted molar refractivity (Wildman–Crippen MR) is 84.1 cm³/mol. The molecule has 0 heterocycles. The molecule has 1 aliphatic rings. The van der Waals surface area contributed by atoms with E-state index in [2.05, 4.69) is 68.6 Å². The Morgan fingerprint density at radius 1 is 1.11 bits per heavy atom. The number of hydrogen-bond acceptors (Lipinski definition) is 0. The van der Waals surface area contributed by atoms with Crippen molar-refractivity contribution in [2.75, 3.05) is 0 Å². The summed E-state index contributed by atoms with van der Waals surface area (Å²) in [5.41, 5.74) is 2.36. The van der Waals surface area contributed by atoms with Gasteiger partial charge in [-0.25, -0.2) is 0 Å². The molecule has 18 heavy (non-hydrogen) atoms. The van der Waals surface area contributed by atoms with Crippen LogP contribution in [-0.2, 0) is 0 Å². The Morgan fingerprint density at radius 2 is 1.83 bits per heavy atom. The third kappa shape index (κ3) is 2.67. The minimum absolute atomic E-state index is 0.700. The number of allylic oxidation sites excluding steroid dienone is 4. The molecule has 0 radical (unpaired) electrons. The van der Waals surface area contributed by atoms with Crippen molar-refractivity contribution in [1.29, 1.82) is 0 Å². The van der Waals surface area contributed by atoms with E-state index < -0.39 is 8.07 Å². The van der Waals surface area contributed by atoms with Crippen molar-refractivity contribution < 1.29 is 0 Å². The second-order valence-electron chi connectivity index (χ2n) is 5.80. The zero-order valence-electron chi connectivity index (χ0n) is 11.8. The second kappa shape index (κ2) is 5.70. The first-order chi connectivity index (χ1) is 8.66. The van der Waals surface area contributed by atoms with Gasteiger partial charge in [0, 0.05) is 0 Å². The largest absolute Gasteiger partial charge is 0.0915 e. The fourth-order valence-electron chi connectivity index (χ4n) is 2.89. The van der Waals surface area contributed by atoms with Crippen LogP contribution in [0.1, 0.15) is 26.2 Å². The summed E-state index contributed by atoms with van der Waals surface area (Å²) in [5, 5.41) is 1.57. The van der Waals surface area contributed by atoms with Crippen LogP contribution in [0.4, 0.5) is 0 Å². The van der Waals surface area contributed by atoms with Crippen molar-refractivity contribution in [3.05, 3.63) is 54.1 Å². The highest BCUT2D eigenvalue weighted by molar-refractivity contribution is 6.91. The Morgan fingerprint density at radius 3 is 2.50 bits per heavy atom. The molecule has 0 aromatic heterocycles. The molecule has 0 saturated carbocycles. The van der Waals surface area contributed by atoms with Crippen LogP contribution in [0.5, 0.6) is 0 Å². The van der Waals surface area contributed by atoms with Crippen LogP contribution >= 0.6 is 0 Å². The van der Waals surface area contributed by atoms with E-state index >= 15 is 0 Å². The summed E-state index contributed by atoms with van der Waals surface area (Å²) < 4.78 is 0. The molecule has 1 aromatic carbocycles. The van der Waals surface area contributed by atoms with Gasteiger partial charge in [0.25, 0.3) is 0 Å². The van der Waals surface area contributed by atoms with Gasteiger partial charge in [-0.15, -0.1) is 0 Å². The minimum atomic E-state index is -1.41. The molecule has 1 aromatic rings. The molecule has 1 aliphatic carbocycles. The number of benzene rings is 1.